The Balaban J connectivity index is 3.55. The second-order valence-electron chi connectivity index (χ2n) is 6.50. The van der Waals surface area contributed by atoms with Crippen LogP contribution in [0.1, 0.15) is 79.1 Å². The molecule has 1 N–H and O–H groups in total. The molecule has 23 heavy (non-hydrogen) atoms. The van der Waals surface area contributed by atoms with Crippen molar-refractivity contribution in [3.8, 4) is 0 Å². The average molecular weight is 329 g/mol. The van der Waals surface area contributed by atoms with Crippen LogP contribution in [0.5, 0.6) is 0 Å². The first-order valence-corrected chi connectivity index (χ1v) is 9.07. The van der Waals surface area contributed by atoms with Crippen molar-refractivity contribution in [2.45, 2.75) is 85.1 Å². The van der Waals surface area contributed by atoms with Crippen molar-refractivity contribution in [2.24, 2.45) is 5.92 Å². The highest BCUT2D eigenvalue weighted by atomic mass is 16.6. The fourth-order valence-corrected chi connectivity index (χ4v) is 2.05. The molecule has 0 aromatic heterocycles. The Morgan fingerprint density at radius 2 is 1.43 bits per heavy atom. The van der Waals surface area contributed by atoms with Crippen LogP contribution in [0.4, 0.5) is 4.79 Å². The first-order valence-electron chi connectivity index (χ1n) is 9.07. The van der Waals surface area contributed by atoms with E-state index in [1.165, 1.54) is 38.5 Å². The van der Waals surface area contributed by atoms with Crippen LogP contribution in [0, 0.1) is 5.92 Å². The molecule has 5 nitrogen and oxygen atoms in total. The lowest BCUT2D eigenvalue weighted by molar-refractivity contribution is -0.145. The first-order chi connectivity index (χ1) is 11.0. The van der Waals surface area contributed by atoms with Gasteiger partial charge in [-0.15, -0.1) is 0 Å². The van der Waals surface area contributed by atoms with Gasteiger partial charge in [-0.05, 0) is 19.3 Å². The van der Waals surface area contributed by atoms with Crippen LogP contribution in [0.15, 0.2) is 0 Å². The van der Waals surface area contributed by atoms with E-state index >= 15 is 0 Å². The molecule has 0 spiro atoms. The van der Waals surface area contributed by atoms with Gasteiger partial charge in [0.2, 0.25) is 0 Å². The fourth-order valence-electron chi connectivity index (χ4n) is 2.05. The highest BCUT2D eigenvalue weighted by Crippen LogP contribution is 2.08. The van der Waals surface area contributed by atoms with Gasteiger partial charge in [0.1, 0.15) is 6.04 Å². The molecule has 1 unspecified atom stereocenters. The van der Waals surface area contributed by atoms with Gasteiger partial charge in [-0.1, -0.05) is 65.7 Å². The molecule has 0 aromatic carbocycles. The van der Waals surface area contributed by atoms with E-state index in [4.69, 9.17) is 9.47 Å². The topological polar surface area (TPSA) is 64.6 Å². The number of unbranched alkanes of at least 4 members (excludes halogenated alkanes) is 7. The summed E-state index contributed by atoms with van der Waals surface area (Å²) in [7, 11) is 0. The summed E-state index contributed by atoms with van der Waals surface area (Å²) in [5.41, 5.74) is 0. The van der Waals surface area contributed by atoms with Crippen LogP contribution in [-0.2, 0) is 14.3 Å². The van der Waals surface area contributed by atoms with E-state index in [1.807, 2.05) is 13.8 Å². The van der Waals surface area contributed by atoms with Crippen LogP contribution >= 0.6 is 0 Å². The Morgan fingerprint density at radius 3 is 2.00 bits per heavy atom. The van der Waals surface area contributed by atoms with Crippen molar-refractivity contribution in [3.05, 3.63) is 0 Å². The Hall–Kier alpha value is -1.26. The Kier molecular flexibility index (Phi) is 13.6. The maximum atomic E-state index is 11.7. The SMILES string of the molecule is CCCCCCCCCCOC(=O)C(C)NC(=O)OCC(C)C. The molecule has 0 saturated carbocycles. The fraction of sp³-hybridized carbons (Fsp3) is 0.889. The molecule has 0 bridgehead atoms. The molecule has 0 aromatic rings. The Morgan fingerprint density at radius 1 is 0.870 bits per heavy atom. The van der Waals surface area contributed by atoms with E-state index in [0.717, 1.165) is 12.8 Å². The van der Waals surface area contributed by atoms with Crippen molar-refractivity contribution in [2.75, 3.05) is 13.2 Å². The minimum atomic E-state index is -0.677. The zero-order chi connectivity index (χ0) is 17.5. The van der Waals surface area contributed by atoms with E-state index in [9.17, 15) is 9.59 Å². The quantitative estimate of drug-likeness (QED) is 0.401. The molecular weight excluding hydrogens is 294 g/mol. The summed E-state index contributed by atoms with van der Waals surface area (Å²) in [5.74, 6) is -0.139. The van der Waals surface area contributed by atoms with Crippen molar-refractivity contribution >= 4 is 12.1 Å². The van der Waals surface area contributed by atoms with E-state index in [1.54, 1.807) is 6.92 Å². The summed E-state index contributed by atoms with van der Waals surface area (Å²) < 4.78 is 10.1. The van der Waals surface area contributed by atoms with E-state index in [0.29, 0.717) is 13.2 Å². The van der Waals surface area contributed by atoms with Gasteiger partial charge < -0.3 is 14.8 Å². The summed E-state index contributed by atoms with van der Waals surface area (Å²) in [6, 6.07) is -0.677. The number of hydrogen-bond donors (Lipinski definition) is 1. The van der Waals surface area contributed by atoms with E-state index in [-0.39, 0.29) is 5.92 Å². The van der Waals surface area contributed by atoms with Crippen molar-refractivity contribution in [1.29, 1.82) is 0 Å². The van der Waals surface area contributed by atoms with Crippen molar-refractivity contribution < 1.29 is 19.1 Å². The number of carbonyl (C=O) groups is 2. The third-order valence-electron chi connectivity index (χ3n) is 3.48. The van der Waals surface area contributed by atoms with Gasteiger partial charge in [-0.2, -0.15) is 0 Å². The molecular formula is C18H35NO4. The highest BCUT2D eigenvalue weighted by molar-refractivity contribution is 5.80. The number of rotatable bonds is 13. The number of hydrogen-bond acceptors (Lipinski definition) is 4. The van der Waals surface area contributed by atoms with Gasteiger partial charge in [-0.25, -0.2) is 9.59 Å². The summed E-state index contributed by atoms with van der Waals surface area (Å²) in [5, 5.41) is 2.48. The van der Waals surface area contributed by atoms with Crippen molar-refractivity contribution in [3.63, 3.8) is 0 Å². The first kappa shape index (κ1) is 21.7. The van der Waals surface area contributed by atoms with Gasteiger partial charge in [-0.3, -0.25) is 0 Å². The molecule has 0 rings (SSSR count). The number of alkyl carbamates (subject to hydrolysis) is 1. The molecule has 1 amide bonds. The van der Waals surface area contributed by atoms with E-state index < -0.39 is 18.1 Å². The van der Waals surface area contributed by atoms with Crippen LogP contribution in [-0.4, -0.2) is 31.3 Å². The molecule has 0 aliphatic rings. The normalized spacial score (nSPS) is 12.0. The minimum Gasteiger partial charge on any atom is -0.464 e. The second-order valence-corrected chi connectivity index (χ2v) is 6.50. The van der Waals surface area contributed by atoms with Gasteiger partial charge in [0.15, 0.2) is 0 Å². The Labute approximate surface area is 141 Å². The van der Waals surface area contributed by atoms with E-state index in [2.05, 4.69) is 12.2 Å². The number of carbonyl (C=O) groups excluding carboxylic acids is 2. The lowest BCUT2D eigenvalue weighted by atomic mass is 10.1. The predicted molar refractivity (Wildman–Crippen MR) is 92.4 cm³/mol. The largest absolute Gasteiger partial charge is 0.464 e. The molecule has 136 valence electrons. The summed E-state index contributed by atoms with van der Waals surface area (Å²) >= 11 is 0. The standard InChI is InChI=1S/C18H35NO4/c1-5-6-7-8-9-10-11-12-13-22-17(20)16(4)19-18(21)23-14-15(2)3/h15-16H,5-14H2,1-4H3,(H,19,21). The number of esters is 1. The zero-order valence-corrected chi connectivity index (χ0v) is 15.4. The smallest absolute Gasteiger partial charge is 0.407 e. The molecule has 1 atom stereocenters. The molecule has 5 heteroatoms. The maximum Gasteiger partial charge on any atom is 0.407 e. The monoisotopic (exact) mass is 329 g/mol. The number of ether oxygens (including phenoxy) is 2. The van der Waals surface area contributed by atoms with Crippen LogP contribution in [0.2, 0.25) is 0 Å². The van der Waals surface area contributed by atoms with Gasteiger partial charge in [0.05, 0.1) is 13.2 Å². The minimum absolute atomic E-state index is 0.269. The molecule has 0 aliphatic heterocycles. The predicted octanol–water partition coefficient (Wildman–Crippen LogP) is 4.44. The average Bonchev–Trinajstić information content (AvgIpc) is 2.51. The maximum absolute atomic E-state index is 11.7. The third kappa shape index (κ3) is 14.1. The van der Waals surface area contributed by atoms with Gasteiger partial charge in [0.25, 0.3) is 0 Å². The summed E-state index contributed by atoms with van der Waals surface area (Å²) in [6.45, 7) is 8.48. The lowest BCUT2D eigenvalue weighted by Gasteiger charge is -2.14. The Bertz CT molecular complexity index is 318. The second kappa shape index (κ2) is 14.3. The lowest BCUT2D eigenvalue weighted by Crippen LogP contribution is -2.40. The van der Waals surface area contributed by atoms with Crippen molar-refractivity contribution in [1.82, 2.24) is 5.32 Å². The molecule has 0 fully saturated rings. The molecule has 0 heterocycles. The third-order valence-corrected chi connectivity index (χ3v) is 3.48. The summed E-state index contributed by atoms with van der Waals surface area (Å²) in [4.78, 5) is 23.2. The molecule has 0 radical (unpaired) electrons. The zero-order valence-electron chi connectivity index (χ0n) is 15.4. The molecule has 0 saturated heterocycles. The van der Waals surface area contributed by atoms with Crippen LogP contribution < -0.4 is 5.32 Å². The van der Waals surface area contributed by atoms with Crippen LogP contribution in [0.3, 0.4) is 0 Å². The summed E-state index contributed by atoms with van der Waals surface area (Å²) in [6.07, 6.45) is 9.05. The van der Waals surface area contributed by atoms with Gasteiger partial charge in [0, 0.05) is 0 Å². The van der Waals surface area contributed by atoms with Gasteiger partial charge >= 0.3 is 12.1 Å². The van der Waals surface area contributed by atoms with Crippen LogP contribution in [0.25, 0.3) is 0 Å². The molecule has 0 aliphatic carbocycles. The number of nitrogens with one attached hydrogen (secondary N) is 1. The number of amides is 1. The highest BCUT2D eigenvalue weighted by Gasteiger charge is 2.17.